The Labute approximate surface area is 162 Å². The molecule has 0 aromatic carbocycles. The lowest BCUT2D eigenvalue weighted by Gasteiger charge is -2.38. The van der Waals surface area contributed by atoms with Crippen LogP contribution < -0.4 is 5.73 Å². The predicted molar refractivity (Wildman–Crippen MR) is 102 cm³/mol. The number of nitrogens with two attached hydrogens (primary N) is 1. The third-order valence-corrected chi connectivity index (χ3v) is 7.38. The molecule has 5 rings (SSSR count). The van der Waals surface area contributed by atoms with Crippen LogP contribution >= 0.6 is 11.3 Å². The number of thiophene rings is 1. The predicted octanol–water partition coefficient (Wildman–Crippen LogP) is 1.82. The summed E-state index contributed by atoms with van der Waals surface area (Å²) in [6, 6.07) is 4.04. The van der Waals surface area contributed by atoms with E-state index in [1.54, 1.807) is 11.3 Å². The number of aromatic nitrogens is 2. The van der Waals surface area contributed by atoms with Crippen LogP contribution in [0.15, 0.2) is 22.0 Å². The Morgan fingerprint density at radius 1 is 1.26 bits per heavy atom. The fourth-order valence-electron chi connectivity index (χ4n) is 5.06. The van der Waals surface area contributed by atoms with E-state index in [0.29, 0.717) is 30.1 Å². The number of nitrogens with zero attached hydrogens (tertiary/aromatic N) is 4. The van der Waals surface area contributed by atoms with E-state index in [1.165, 1.54) is 12.8 Å². The molecule has 27 heavy (non-hydrogen) atoms. The van der Waals surface area contributed by atoms with Crippen LogP contribution in [0.2, 0.25) is 0 Å². The number of amides is 1. The van der Waals surface area contributed by atoms with Crippen molar-refractivity contribution in [3.05, 3.63) is 23.4 Å². The van der Waals surface area contributed by atoms with E-state index in [1.807, 2.05) is 22.4 Å². The second-order valence-electron chi connectivity index (χ2n) is 8.03. The van der Waals surface area contributed by atoms with Gasteiger partial charge in [-0.1, -0.05) is 11.2 Å². The number of hydrogen-bond acceptors (Lipinski definition) is 7. The first-order chi connectivity index (χ1) is 13.2. The van der Waals surface area contributed by atoms with Gasteiger partial charge >= 0.3 is 0 Å². The zero-order valence-corrected chi connectivity index (χ0v) is 16.1. The van der Waals surface area contributed by atoms with Crippen molar-refractivity contribution in [1.29, 1.82) is 0 Å². The molecule has 3 aliphatic rings. The molecule has 0 spiro atoms. The highest BCUT2D eigenvalue weighted by Gasteiger charge is 2.50. The first-order valence-corrected chi connectivity index (χ1v) is 10.7. The summed E-state index contributed by atoms with van der Waals surface area (Å²) in [5.41, 5.74) is 6.36. The Morgan fingerprint density at radius 2 is 2.07 bits per heavy atom. The maximum Gasteiger partial charge on any atom is 0.241 e. The molecule has 2 N–H and O–H groups in total. The van der Waals surface area contributed by atoms with Crippen LogP contribution in [0, 0.1) is 17.8 Å². The second kappa shape index (κ2) is 7.00. The van der Waals surface area contributed by atoms with E-state index in [-0.39, 0.29) is 17.9 Å². The Balaban J connectivity index is 1.16. The summed E-state index contributed by atoms with van der Waals surface area (Å²) < 4.78 is 5.40. The number of hydrogen-bond donors (Lipinski definition) is 1. The molecule has 4 atom stereocenters. The SMILES string of the molecule is NC1C2CCC(C2)C1C(=O)N1CCN(Cc2nc(-c3cccs3)no2)CC1. The van der Waals surface area contributed by atoms with Crippen molar-refractivity contribution in [2.24, 2.45) is 23.5 Å². The Kier molecular flexibility index (Phi) is 4.49. The third kappa shape index (κ3) is 3.19. The van der Waals surface area contributed by atoms with E-state index < -0.39 is 0 Å². The monoisotopic (exact) mass is 387 g/mol. The molecule has 2 aromatic rings. The van der Waals surface area contributed by atoms with E-state index in [9.17, 15) is 4.79 Å². The van der Waals surface area contributed by atoms with Crippen molar-refractivity contribution >= 4 is 17.2 Å². The fourth-order valence-corrected chi connectivity index (χ4v) is 5.70. The van der Waals surface area contributed by atoms with Gasteiger partial charge in [-0.2, -0.15) is 4.98 Å². The van der Waals surface area contributed by atoms with Crippen molar-refractivity contribution in [3.63, 3.8) is 0 Å². The van der Waals surface area contributed by atoms with Crippen LogP contribution in [0.1, 0.15) is 25.2 Å². The van der Waals surface area contributed by atoms with Gasteiger partial charge in [0, 0.05) is 32.2 Å². The molecule has 4 unspecified atom stereocenters. The van der Waals surface area contributed by atoms with Crippen molar-refractivity contribution in [2.45, 2.75) is 31.8 Å². The molecular formula is C19H25N5O2S. The molecule has 144 valence electrons. The van der Waals surface area contributed by atoms with Gasteiger partial charge < -0.3 is 15.2 Å². The van der Waals surface area contributed by atoms with E-state index >= 15 is 0 Å². The summed E-state index contributed by atoms with van der Waals surface area (Å²) in [6.07, 6.45) is 3.54. The van der Waals surface area contributed by atoms with Gasteiger partial charge in [-0.3, -0.25) is 9.69 Å². The Morgan fingerprint density at radius 3 is 2.78 bits per heavy atom. The maximum absolute atomic E-state index is 13.0. The fraction of sp³-hybridized carbons (Fsp3) is 0.632. The quantitative estimate of drug-likeness (QED) is 0.861. The first kappa shape index (κ1) is 17.3. The highest BCUT2D eigenvalue weighted by atomic mass is 32.1. The summed E-state index contributed by atoms with van der Waals surface area (Å²) in [7, 11) is 0. The van der Waals surface area contributed by atoms with E-state index in [4.69, 9.17) is 10.3 Å². The molecule has 8 heteroatoms. The molecule has 0 radical (unpaired) electrons. The van der Waals surface area contributed by atoms with Crippen LogP contribution in [-0.4, -0.2) is 58.1 Å². The van der Waals surface area contributed by atoms with Crippen molar-refractivity contribution in [2.75, 3.05) is 26.2 Å². The van der Waals surface area contributed by atoms with Gasteiger partial charge in [-0.25, -0.2) is 0 Å². The number of rotatable bonds is 4. The molecule has 2 aliphatic carbocycles. The number of carbonyl (C=O) groups is 1. The lowest BCUT2D eigenvalue weighted by molar-refractivity contribution is -0.139. The smallest absolute Gasteiger partial charge is 0.241 e. The van der Waals surface area contributed by atoms with Crippen LogP contribution in [0.25, 0.3) is 10.7 Å². The van der Waals surface area contributed by atoms with E-state index in [0.717, 1.165) is 37.5 Å². The van der Waals surface area contributed by atoms with Crippen LogP contribution in [0.5, 0.6) is 0 Å². The highest BCUT2D eigenvalue weighted by molar-refractivity contribution is 7.13. The zero-order chi connectivity index (χ0) is 18.4. The first-order valence-electron chi connectivity index (χ1n) is 9.82. The highest BCUT2D eigenvalue weighted by Crippen LogP contribution is 2.48. The molecule has 2 saturated carbocycles. The zero-order valence-electron chi connectivity index (χ0n) is 15.3. The summed E-state index contributed by atoms with van der Waals surface area (Å²) in [6.45, 7) is 3.81. The molecule has 2 aromatic heterocycles. The van der Waals surface area contributed by atoms with E-state index in [2.05, 4.69) is 15.0 Å². The molecule has 7 nitrogen and oxygen atoms in total. The summed E-state index contributed by atoms with van der Waals surface area (Å²) in [5, 5.41) is 6.07. The minimum atomic E-state index is 0.0552. The van der Waals surface area contributed by atoms with Gasteiger partial charge in [0.1, 0.15) is 0 Å². The average Bonchev–Trinajstić information content (AvgIpc) is 3.46. The largest absolute Gasteiger partial charge is 0.340 e. The molecule has 1 saturated heterocycles. The standard InChI is InChI=1S/C19H25N5O2S/c20-17-13-4-3-12(10-13)16(17)19(25)24-7-5-23(6-8-24)11-15-21-18(22-26-15)14-2-1-9-27-14/h1-2,9,12-13,16-17H,3-8,10-11,20H2. The topological polar surface area (TPSA) is 88.5 Å². The van der Waals surface area contributed by atoms with Crippen LogP contribution in [0.4, 0.5) is 0 Å². The van der Waals surface area contributed by atoms with Gasteiger partial charge in [0.05, 0.1) is 17.3 Å². The Bertz CT molecular complexity index is 797. The van der Waals surface area contributed by atoms with Gasteiger partial charge in [0.2, 0.25) is 17.6 Å². The molecule has 2 bridgehead atoms. The number of fused-ring (bicyclic) bond motifs is 2. The van der Waals surface area contributed by atoms with Gasteiger partial charge in [-0.05, 0) is 42.5 Å². The summed E-state index contributed by atoms with van der Waals surface area (Å²) in [4.78, 5) is 22.8. The average molecular weight is 388 g/mol. The second-order valence-corrected chi connectivity index (χ2v) is 8.97. The van der Waals surface area contributed by atoms with Gasteiger partial charge in [0.25, 0.3) is 0 Å². The number of piperazine rings is 1. The third-order valence-electron chi connectivity index (χ3n) is 6.52. The minimum Gasteiger partial charge on any atom is -0.340 e. The van der Waals surface area contributed by atoms with Crippen molar-refractivity contribution in [1.82, 2.24) is 19.9 Å². The molecule has 3 fully saturated rings. The lowest BCUT2D eigenvalue weighted by atomic mass is 9.84. The molecule has 3 heterocycles. The normalized spacial score (nSPS) is 30.9. The van der Waals surface area contributed by atoms with Gasteiger partial charge in [0.15, 0.2) is 0 Å². The van der Waals surface area contributed by atoms with Gasteiger partial charge in [-0.15, -0.1) is 11.3 Å². The van der Waals surface area contributed by atoms with Crippen LogP contribution in [-0.2, 0) is 11.3 Å². The maximum atomic E-state index is 13.0. The summed E-state index contributed by atoms with van der Waals surface area (Å²) >= 11 is 1.60. The minimum absolute atomic E-state index is 0.0552. The van der Waals surface area contributed by atoms with Crippen molar-refractivity contribution in [3.8, 4) is 10.7 Å². The number of carbonyl (C=O) groups excluding carboxylic acids is 1. The molecular weight excluding hydrogens is 362 g/mol. The lowest BCUT2D eigenvalue weighted by Crippen LogP contribution is -2.53. The molecule has 1 amide bonds. The van der Waals surface area contributed by atoms with Crippen molar-refractivity contribution < 1.29 is 9.32 Å². The van der Waals surface area contributed by atoms with Crippen LogP contribution in [0.3, 0.4) is 0 Å². The molecule has 1 aliphatic heterocycles. The summed E-state index contributed by atoms with van der Waals surface area (Å²) in [5.74, 6) is 2.71. The Hall–Kier alpha value is -1.77.